The summed E-state index contributed by atoms with van der Waals surface area (Å²) < 4.78 is 0. The third-order valence-electron chi connectivity index (χ3n) is 1.98. The molecule has 7 heteroatoms. The highest BCUT2D eigenvalue weighted by Gasteiger charge is 2.07. The van der Waals surface area contributed by atoms with Crippen LogP contribution >= 0.6 is 0 Å². The van der Waals surface area contributed by atoms with Gasteiger partial charge in [0, 0.05) is 18.0 Å². The average Bonchev–Trinajstić information content (AvgIpc) is 2.40. The summed E-state index contributed by atoms with van der Waals surface area (Å²) in [4.78, 5) is 15.7. The van der Waals surface area contributed by atoms with Crippen LogP contribution in [0.15, 0.2) is 36.7 Å². The Morgan fingerprint density at radius 1 is 1.24 bits per heavy atom. The Morgan fingerprint density at radius 3 is 2.82 bits per heavy atom. The van der Waals surface area contributed by atoms with Gasteiger partial charge in [-0.3, -0.25) is 4.79 Å². The largest absolute Gasteiger partial charge is 0.308 e. The quantitative estimate of drug-likeness (QED) is 0.521. The van der Waals surface area contributed by atoms with Crippen LogP contribution in [-0.2, 0) is 0 Å². The Labute approximate surface area is 97.1 Å². The predicted octanol–water partition coefficient (Wildman–Crippen LogP) is 0.410. The van der Waals surface area contributed by atoms with Gasteiger partial charge in [0.15, 0.2) is 5.82 Å². The van der Waals surface area contributed by atoms with Gasteiger partial charge in [-0.05, 0) is 24.3 Å². The first-order valence-corrected chi connectivity index (χ1v) is 4.81. The molecule has 2 heterocycles. The number of rotatable bonds is 3. The summed E-state index contributed by atoms with van der Waals surface area (Å²) in [6, 6.07) is 6.44. The topological polar surface area (TPSA) is 106 Å². The number of nitrogen functional groups attached to an aromatic ring is 1. The minimum absolute atomic E-state index is 0.301. The second-order valence-electron chi connectivity index (χ2n) is 3.14. The van der Waals surface area contributed by atoms with Gasteiger partial charge in [0.2, 0.25) is 0 Å². The molecule has 0 aromatic carbocycles. The number of nitrogens with zero attached hydrogens (tertiary/aromatic N) is 3. The maximum Gasteiger partial charge on any atom is 0.257 e. The van der Waals surface area contributed by atoms with Crippen LogP contribution in [0.4, 0.5) is 11.6 Å². The molecule has 0 unspecified atom stereocenters. The maximum atomic E-state index is 11.8. The molecule has 0 fully saturated rings. The van der Waals surface area contributed by atoms with Crippen molar-refractivity contribution in [2.24, 2.45) is 5.84 Å². The molecule has 1 amide bonds. The van der Waals surface area contributed by atoms with Crippen molar-refractivity contribution in [1.29, 1.82) is 0 Å². The van der Waals surface area contributed by atoms with Gasteiger partial charge in [-0.1, -0.05) is 0 Å². The normalized spacial score (nSPS) is 9.71. The fraction of sp³-hybridized carbons (Fsp3) is 0. The first-order valence-electron chi connectivity index (χ1n) is 4.81. The van der Waals surface area contributed by atoms with Crippen molar-refractivity contribution in [3.05, 3.63) is 42.2 Å². The van der Waals surface area contributed by atoms with Crippen LogP contribution in [-0.4, -0.2) is 21.1 Å². The number of carbonyl (C=O) groups is 1. The van der Waals surface area contributed by atoms with E-state index in [4.69, 9.17) is 5.84 Å². The molecule has 0 saturated carbocycles. The van der Waals surface area contributed by atoms with Crippen molar-refractivity contribution < 1.29 is 4.79 Å². The lowest BCUT2D eigenvalue weighted by Gasteiger charge is -2.04. The average molecular weight is 230 g/mol. The minimum atomic E-state index is -0.301. The highest BCUT2D eigenvalue weighted by Crippen LogP contribution is 2.08. The van der Waals surface area contributed by atoms with Crippen LogP contribution in [0.3, 0.4) is 0 Å². The molecular weight excluding hydrogens is 220 g/mol. The summed E-state index contributed by atoms with van der Waals surface area (Å²) in [5, 5.41) is 10.0. The molecule has 2 rings (SSSR count). The van der Waals surface area contributed by atoms with Crippen molar-refractivity contribution >= 4 is 17.5 Å². The monoisotopic (exact) mass is 230 g/mol. The van der Waals surface area contributed by atoms with E-state index in [1.807, 2.05) is 0 Å². The Kier molecular flexibility index (Phi) is 3.22. The summed E-state index contributed by atoms with van der Waals surface area (Å²) in [6.07, 6.45) is 3.01. The van der Waals surface area contributed by atoms with Gasteiger partial charge in [-0.25, -0.2) is 10.8 Å². The SMILES string of the molecule is NNc1cc(C(=O)Nc2cccnn2)ccn1. The molecule has 0 radical (unpaired) electrons. The summed E-state index contributed by atoms with van der Waals surface area (Å²) in [7, 11) is 0. The highest BCUT2D eigenvalue weighted by molar-refractivity contribution is 6.04. The summed E-state index contributed by atoms with van der Waals surface area (Å²) in [5.74, 6) is 5.70. The maximum absolute atomic E-state index is 11.8. The molecule has 0 aliphatic carbocycles. The van der Waals surface area contributed by atoms with Crippen LogP contribution in [0.2, 0.25) is 0 Å². The van der Waals surface area contributed by atoms with E-state index in [2.05, 4.69) is 25.9 Å². The number of nitrogens with one attached hydrogen (secondary N) is 2. The van der Waals surface area contributed by atoms with Gasteiger partial charge < -0.3 is 10.7 Å². The van der Waals surface area contributed by atoms with Crippen molar-refractivity contribution in [1.82, 2.24) is 15.2 Å². The second-order valence-corrected chi connectivity index (χ2v) is 3.14. The van der Waals surface area contributed by atoms with Crippen LogP contribution in [0.1, 0.15) is 10.4 Å². The Bertz CT molecular complexity index is 515. The fourth-order valence-corrected chi connectivity index (χ4v) is 1.21. The van der Waals surface area contributed by atoms with Crippen molar-refractivity contribution in [3.63, 3.8) is 0 Å². The highest BCUT2D eigenvalue weighted by atomic mass is 16.1. The van der Waals surface area contributed by atoms with Crippen LogP contribution in [0, 0.1) is 0 Å². The molecule has 2 aromatic heterocycles. The molecule has 7 nitrogen and oxygen atoms in total. The van der Waals surface area contributed by atoms with Crippen molar-refractivity contribution in [2.45, 2.75) is 0 Å². The van der Waals surface area contributed by atoms with E-state index in [1.165, 1.54) is 18.5 Å². The van der Waals surface area contributed by atoms with Crippen LogP contribution < -0.4 is 16.6 Å². The molecule has 0 atom stereocenters. The van der Waals surface area contributed by atoms with E-state index in [9.17, 15) is 4.79 Å². The summed E-state index contributed by atoms with van der Waals surface area (Å²) in [6.45, 7) is 0. The van der Waals surface area contributed by atoms with Gasteiger partial charge in [0.25, 0.3) is 5.91 Å². The van der Waals surface area contributed by atoms with Gasteiger partial charge in [0.1, 0.15) is 5.82 Å². The minimum Gasteiger partial charge on any atom is -0.308 e. The lowest BCUT2D eigenvalue weighted by molar-refractivity contribution is 0.102. The van der Waals surface area contributed by atoms with E-state index in [0.717, 1.165) is 0 Å². The number of carbonyl (C=O) groups excluding carboxylic acids is 1. The molecule has 17 heavy (non-hydrogen) atoms. The van der Waals surface area contributed by atoms with E-state index < -0.39 is 0 Å². The lowest BCUT2D eigenvalue weighted by atomic mass is 10.2. The van der Waals surface area contributed by atoms with Crippen molar-refractivity contribution in [3.8, 4) is 0 Å². The molecule has 0 aliphatic rings. The molecular formula is C10H10N6O. The van der Waals surface area contributed by atoms with E-state index in [-0.39, 0.29) is 5.91 Å². The van der Waals surface area contributed by atoms with E-state index >= 15 is 0 Å². The number of aromatic nitrogens is 3. The van der Waals surface area contributed by atoms with Gasteiger partial charge in [-0.15, -0.1) is 5.10 Å². The lowest BCUT2D eigenvalue weighted by Crippen LogP contribution is -2.15. The first kappa shape index (κ1) is 11.0. The number of anilines is 2. The van der Waals surface area contributed by atoms with Gasteiger partial charge >= 0.3 is 0 Å². The zero-order valence-corrected chi connectivity index (χ0v) is 8.79. The molecule has 86 valence electrons. The Balaban J connectivity index is 2.14. The smallest absolute Gasteiger partial charge is 0.257 e. The molecule has 0 aliphatic heterocycles. The number of amides is 1. The summed E-state index contributed by atoms with van der Waals surface area (Å²) in [5.41, 5.74) is 2.80. The van der Waals surface area contributed by atoms with Crippen LogP contribution in [0.25, 0.3) is 0 Å². The fourth-order valence-electron chi connectivity index (χ4n) is 1.21. The zero-order valence-electron chi connectivity index (χ0n) is 8.79. The number of hydrogen-bond acceptors (Lipinski definition) is 6. The molecule has 0 saturated heterocycles. The number of hydrazine groups is 1. The van der Waals surface area contributed by atoms with Crippen molar-refractivity contribution in [2.75, 3.05) is 10.7 Å². The third-order valence-corrected chi connectivity index (χ3v) is 1.98. The first-order chi connectivity index (χ1) is 8.29. The Morgan fingerprint density at radius 2 is 2.12 bits per heavy atom. The van der Waals surface area contributed by atoms with E-state index in [1.54, 1.807) is 18.2 Å². The van der Waals surface area contributed by atoms with Gasteiger partial charge in [-0.2, -0.15) is 5.10 Å². The number of nitrogens with two attached hydrogens (primary N) is 1. The molecule has 0 bridgehead atoms. The number of hydrogen-bond donors (Lipinski definition) is 3. The molecule has 4 N–H and O–H groups in total. The third kappa shape index (κ3) is 2.73. The standard InChI is InChI=1S/C10H10N6O/c11-15-9-6-7(3-5-12-9)10(17)14-8-2-1-4-13-16-8/h1-6H,11H2,(H,12,15)(H,14,16,17). The Hall–Kier alpha value is -2.54. The van der Waals surface area contributed by atoms with Crippen LogP contribution in [0.5, 0.6) is 0 Å². The molecule has 2 aromatic rings. The molecule has 0 spiro atoms. The van der Waals surface area contributed by atoms with E-state index in [0.29, 0.717) is 17.2 Å². The zero-order chi connectivity index (χ0) is 12.1. The predicted molar refractivity (Wildman–Crippen MR) is 62.0 cm³/mol. The van der Waals surface area contributed by atoms with Gasteiger partial charge in [0.05, 0.1) is 0 Å². The summed E-state index contributed by atoms with van der Waals surface area (Å²) >= 11 is 0. The second kappa shape index (κ2) is 4.99. The number of pyridine rings is 1.